The largest absolute Gasteiger partial charge is 0.394 e. The fourth-order valence-corrected chi connectivity index (χ4v) is 1.96. The van der Waals surface area contributed by atoms with Gasteiger partial charge in [-0.25, -0.2) is 0 Å². The summed E-state index contributed by atoms with van der Waals surface area (Å²) in [4.78, 5) is 0. The molecule has 3 rings (SSSR count). The number of hydrogen-bond acceptors (Lipinski definition) is 10. The van der Waals surface area contributed by atoms with E-state index < -0.39 is 31.1 Å². The van der Waals surface area contributed by atoms with Gasteiger partial charge in [-0.1, -0.05) is 5.21 Å². The molecule has 0 spiro atoms. The lowest BCUT2D eigenvalue weighted by Crippen LogP contribution is -2.33. The number of nitrogen functional groups attached to an aromatic ring is 1. The summed E-state index contributed by atoms with van der Waals surface area (Å²) in [6, 6.07) is 0. The monoisotopic (exact) mass is 269 g/mol. The van der Waals surface area contributed by atoms with Gasteiger partial charge in [-0.15, -0.1) is 15.3 Å². The molecule has 19 heavy (non-hydrogen) atoms. The van der Waals surface area contributed by atoms with E-state index >= 15 is 0 Å². The number of aliphatic hydroxyl groups is 3. The van der Waals surface area contributed by atoms with Crippen molar-refractivity contribution in [2.24, 2.45) is 0 Å². The van der Waals surface area contributed by atoms with Gasteiger partial charge in [-0.05, 0) is 5.21 Å². The van der Waals surface area contributed by atoms with Crippen molar-refractivity contribution in [1.29, 1.82) is 0 Å². The molecule has 1 aliphatic rings. The molecule has 0 saturated carbocycles. The maximum absolute atomic E-state index is 9.89. The van der Waals surface area contributed by atoms with Crippen LogP contribution in [0.2, 0.25) is 0 Å². The van der Waals surface area contributed by atoms with E-state index in [4.69, 9.17) is 15.6 Å². The van der Waals surface area contributed by atoms with Crippen LogP contribution in [-0.2, 0) is 4.74 Å². The van der Waals surface area contributed by atoms with Crippen LogP contribution in [-0.4, -0.2) is 70.6 Å². The van der Waals surface area contributed by atoms with Crippen molar-refractivity contribution in [2.75, 3.05) is 12.3 Å². The number of ether oxygens (including phenoxy) is 1. The number of anilines is 1. The fraction of sp³-hybridized carbons (Fsp3) is 0.625. The summed E-state index contributed by atoms with van der Waals surface area (Å²) in [6.07, 6.45) is -4.46. The van der Waals surface area contributed by atoms with Crippen LogP contribution in [0.5, 0.6) is 0 Å². The van der Waals surface area contributed by atoms with Gasteiger partial charge < -0.3 is 25.8 Å². The molecule has 102 valence electrons. The van der Waals surface area contributed by atoms with Crippen LogP contribution in [0.15, 0.2) is 0 Å². The SMILES string of the molecule is Nc1nnnc2c1nnn2C1OC(CO)C(O)C1O. The van der Waals surface area contributed by atoms with Gasteiger partial charge >= 0.3 is 0 Å². The minimum Gasteiger partial charge on any atom is -0.394 e. The van der Waals surface area contributed by atoms with E-state index in [9.17, 15) is 10.2 Å². The van der Waals surface area contributed by atoms with Crippen molar-refractivity contribution in [3.63, 3.8) is 0 Å². The number of aliphatic hydroxyl groups excluding tert-OH is 3. The maximum Gasteiger partial charge on any atom is 0.209 e. The molecule has 0 amide bonds. The molecular formula is C8H11N7O4. The van der Waals surface area contributed by atoms with E-state index in [2.05, 4.69) is 25.7 Å². The highest BCUT2D eigenvalue weighted by molar-refractivity contribution is 5.79. The van der Waals surface area contributed by atoms with E-state index in [1.807, 2.05) is 0 Å². The van der Waals surface area contributed by atoms with Gasteiger partial charge in [0.2, 0.25) is 5.65 Å². The van der Waals surface area contributed by atoms with Gasteiger partial charge in [-0.2, -0.15) is 4.68 Å². The lowest BCUT2D eigenvalue weighted by molar-refractivity contribution is -0.0575. The predicted octanol–water partition coefficient (Wildman–Crippen LogP) is -3.19. The zero-order valence-corrected chi connectivity index (χ0v) is 9.53. The van der Waals surface area contributed by atoms with E-state index in [0.29, 0.717) is 0 Å². The second-order valence-electron chi connectivity index (χ2n) is 4.11. The summed E-state index contributed by atoms with van der Waals surface area (Å²) >= 11 is 0. The van der Waals surface area contributed by atoms with Gasteiger partial charge in [0.1, 0.15) is 18.3 Å². The molecule has 3 heterocycles. The first kappa shape index (κ1) is 12.1. The molecule has 0 radical (unpaired) electrons. The normalized spacial score (nSPS) is 31.1. The Balaban J connectivity index is 2.04. The van der Waals surface area contributed by atoms with Crippen LogP contribution in [0, 0.1) is 0 Å². The Kier molecular flexibility index (Phi) is 2.74. The molecule has 1 aliphatic heterocycles. The highest BCUT2D eigenvalue weighted by Crippen LogP contribution is 2.30. The predicted molar refractivity (Wildman–Crippen MR) is 58.3 cm³/mol. The van der Waals surface area contributed by atoms with E-state index in [-0.39, 0.29) is 17.0 Å². The van der Waals surface area contributed by atoms with Crippen molar-refractivity contribution in [2.45, 2.75) is 24.5 Å². The van der Waals surface area contributed by atoms with Gasteiger partial charge in [0.25, 0.3) is 0 Å². The van der Waals surface area contributed by atoms with Crippen molar-refractivity contribution in [1.82, 2.24) is 30.4 Å². The van der Waals surface area contributed by atoms with E-state index in [1.165, 1.54) is 0 Å². The van der Waals surface area contributed by atoms with Crippen LogP contribution in [0.25, 0.3) is 11.2 Å². The summed E-state index contributed by atoms with van der Waals surface area (Å²) in [5.74, 6) is 0.0444. The number of rotatable bonds is 2. The van der Waals surface area contributed by atoms with Crippen LogP contribution in [0.1, 0.15) is 6.23 Å². The smallest absolute Gasteiger partial charge is 0.209 e. The maximum atomic E-state index is 9.89. The third kappa shape index (κ3) is 1.71. The fourth-order valence-electron chi connectivity index (χ4n) is 1.96. The molecule has 1 fully saturated rings. The lowest BCUT2D eigenvalue weighted by atomic mass is 10.1. The van der Waals surface area contributed by atoms with E-state index in [0.717, 1.165) is 4.68 Å². The first-order valence-corrected chi connectivity index (χ1v) is 5.45. The Bertz CT molecular complexity index is 604. The number of hydrogen-bond donors (Lipinski definition) is 4. The van der Waals surface area contributed by atoms with Crippen LogP contribution >= 0.6 is 0 Å². The van der Waals surface area contributed by atoms with Gasteiger partial charge in [0.15, 0.2) is 17.6 Å². The van der Waals surface area contributed by atoms with Crippen LogP contribution in [0.4, 0.5) is 5.82 Å². The van der Waals surface area contributed by atoms with Crippen molar-refractivity contribution in [3.8, 4) is 0 Å². The van der Waals surface area contributed by atoms with Crippen molar-refractivity contribution >= 4 is 17.0 Å². The van der Waals surface area contributed by atoms with Crippen LogP contribution < -0.4 is 5.73 Å². The highest BCUT2D eigenvalue weighted by Gasteiger charge is 2.44. The summed E-state index contributed by atoms with van der Waals surface area (Å²) in [7, 11) is 0. The summed E-state index contributed by atoms with van der Waals surface area (Å²) in [5, 5.41) is 46.8. The Morgan fingerprint density at radius 3 is 2.68 bits per heavy atom. The third-order valence-electron chi connectivity index (χ3n) is 2.96. The molecule has 4 atom stereocenters. The lowest BCUT2D eigenvalue weighted by Gasteiger charge is -2.14. The summed E-state index contributed by atoms with van der Waals surface area (Å²) in [5.41, 5.74) is 5.95. The number of nitrogens with two attached hydrogens (primary N) is 1. The molecule has 2 aromatic rings. The second kappa shape index (κ2) is 4.31. The first-order valence-electron chi connectivity index (χ1n) is 5.45. The van der Waals surface area contributed by atoms with E-state index in [1.54, 1.807) is 0 Å². The van der Waals surface area contributed by atoms with Gasteiger partial charge in [-0.3, -0.25) is 0 Å². The molecular weight excluding hydrogens is 258 g/mol. The zero-order chi connectivity index (χ0) is 13.6. The first-order chi connectivity index (χ1) is 9.13. The Labute approximate surface area is 105 Å². The van der Waals surface area contributed by atoms with Crippen molar-refractivity contribution < 1.29 is 20.1 Å². The molecule has 1 saturated heterocycles. The Hall–Kier alpha value is -1.95. The summed E-state index contributed by atoms with van der Waals surface area (Å²) in [6.45, 7) is -0.434. The minimum atomic E-state index is -1.28. The minimum absolute atomic E-state index is 0.0444. The van der Waals surface area contributed by atoms with Gasteiger partial charge in [0, 0.05) is 0 Å². The van der Waals surface area contributed by atoms with Crippen LogP contribution in [0.3, 0.4) is 0 Å². The molecule has 0 aromatic carbocycles. The molecule has 11 nitrogen and oxygen atoms in total. The quantitative estimate of drug-likeness (QED) is 0.436. The standard InChI is InChI=1S/C8H11N7O4/c9-6-3-7(12-13-11-6)15(14-10-3)8-5(18)4(17)2(1-16)19-8/h2,4-5,8,16-18H,1H2,(H2,9,11,12). The topological polar surface area (TPSA) is 165 Å². The van der Waals surface area contributed by atoms with Crippen molar-refractivity contribution in [3.05, 3.63) is 0 Å². The number of fused-ring (bicyclic) bond motifs is 1. The molecule has 2 aromatic heterocycles. The average Bonchev–Trinajstić information content (AvgIpc) is 2.94. The number of nitrogens with zero attached hydrogens (tertiary/aromatic N) is 6. The second-order valence-corrected chi connectivity index (χ2v) is 4.11. The Morgan fingerprint density at radius 1 is 1.21 bits per heavy atom. The Morgan fingerprint density at radius 2 is 2.00 bits per heavy atom. The van der Waals surface area contributed by atoms with Gasteiger partial charge in [0.05, 0.1) is 6.61 Å². The zero-order valence-electron chi connectivity index (χ0n) is 9.53. The average molecular weight is 269 g/mol. The molecule has 0 aliphatic carbocycles. The molecule has 4 unspecified atom stereocenters. The third-order valence-corrected chi connectivity index (χ3v) is 2.96. The highest BCUT2D eigenvalue weighted by atomic mass is 16.6. The molecule has 5 N–H and O–H groups in total. The summed E-state index contributed by atoms with van der Waals surface area (Å²) < 4.78 is 6.45. The molecule has 11 heteroatoms. The number of aromatic nitrogens is 6. The molecule has 0 bridgehead atoms.